The van der Waals surface area contributed by atoms with Gasteiger partial charge in [-0.1, -0.05) is 25.1 Å². The molecule has 1 aromatic carbocycles. The van der Waals surface area contributed by atoms with E-state index in [0.29, 0.717) is 36.3 Å². The van der Waals surface area contributed by atoms with Gasteiger partial charge in [-0.3, -0.25) is 4.79 Å². The number of aromatic nitrogens is 4. The Labute approximate surface area is 185 Å². The number of carbonyl (C=O) groups excluding carboxylic acids is 1. The van der Waals surface area contributed by atoms with E-state index in [9.17, 15) is 9.59 Å². The van der Waals surface area contributed by atoms with Crippen molar-refractivity contribution in [2.24, 2.45) is 5.92 Å². The second kappa shape index (κ2) is 8.63. The Morgan fingerprint density at radius 3 is 2.91 bits per heavy atom. The molecule has 1 fully saturated rings. The molecule has 4 aromatic rings. The summed E-state index contributed by atoms with van der Waals surface area (Å²) in [6, 6.07) is 14.4. The molecule has 5 rings (SSSR count). The number of likely N-dealkylation sites (tertiary alicyclic amines) is 1. The molecule has 0 bridgehead atoms. The van der Waals surface area contributed by atoms with Crippen LogP contribution in [0.15, 0.2) is 53.5 Å². The van der Waals surface area contributed by atoms with E-state index < -0.39 is 0 Å². The van der Waals surface area contributed by atoms with E-state index in [0.717, 1.165) is 25.8 Å². The number of nitrogens with zero attached hydrogens (tertiary/aromatic N) is 3. The quantitative estimate of drug-likeness (QED) is 0.451. The molecule has 32 heavy (non-hydrogen) atoms. The van der Waals surface area contributed by atoms with Crippen LogP contribution in [-0.4, -0.2) is 56.1 Å². The SMILES string of the molecule is CC1CCN(C(=O)c2cccn3c(=O)[nH]nc23)CCC1NCCc1cc2ccccc2[nH]1. The summed E-state index contributed by atoms with van der Waals surface area (Å²) < 4.78 is 1.38. The topological polar surface area (TPSA) is 98.3 Å². The highest BCUT2D eigenvalue weighted by Crippen LogP contribution is 2.21. The van der Waals surface area contributed by atoms with Crippen LogP contribution in [0.25, 0.3) is 16.6 Å². The minimum atomic E-state index is -0.335. The van der Waals surface area contributed by atoms with E-state index in [2.05, 4.69) is 51.7 Å². The maximum absolute atomic E-state index is 13.2. The van der Waals surface area contributed by atoms with Crippen molar-refractivity contribution in [3.63, 3.8) is 0 Å². The lowest BCUT2D eigenvalue weighted by Gasteiger charge is -2.22. The van der Waals surface area contributed by atoms with Crippen molar-refractivity contribution in [3.05, 3.63) is 70.4 Å². The van der Waals surface area contributed by atoms with Gasteiger partial charge in [0.25, 0.3) is 5.91 Å². The van der Waals surface area contributed by atoms with E-state index in [4.69, 9.17) is 0 Å². The lowest BCUT2D eigenvalue weighted by molar-refractivity contribution is 0.0761. The molecule has 1 saturated heterocycles. The number of para-hydroxylation sites is 1. The third-order valence-corrected chi connectivity index (χ3v) is 6.60. The molecule has 0 radical (unpaired) electrons. The largest absolute Gasteiger partial charge is 0.358 e. The number of nitrogens with one attached hydrogen (secondary N) is 3. The van der Waals surface area contributed by atoms with Crippen LogP contribution < -0.4 is 11.0 Å². The zero-order valence-corrected chi connectivity index (χ0v) is 18.2. The van der Waals surface area contributed by atoms with Gasteiger partial charge >= 0.3 is 5.69 Å². The summed E-state index contributed by atoms with van der Waals surface area (Å²) in [5.41, 5.74) is 2.92. The van der Waals surface area contributed by atoms with E-state index in [1.807, 2.05) is 11.0 Å². The number of hydrogen-bond donors (Lipinski definition) is 3. The van der Waals surface area contributed by atoms with Crippen LogP contribution in [0.2, 0.25) is 0 Å². The number of fused-ring (bicyclic) bond motifs is 2. The van der Waals surface area contributed by atoms with Gasteiger partial charge in [-0.25, -0.2) is 14.3 Å². The Kier molecular flexibility index (Phi) is 5.53. The smallest absolute Gasteiger partial charge is 0.347 e. The van der Waals surface area contributed by atoms with Crippen molar-refractivity contribution >= 4 is 22.5 Å². The Bertz CT molecular complexity index is 1270. The van der Waals surface area contributed by atoms with E-state index in [1.54, 1.807) is 18.3 Å². The number of H-pyrrole nitrogens is 2. The second-order valence-electron chi connectivity index (χ2n) is 8.68. The van der Waals surface area contributed by atoms with Gasteiger partial charge < -0.3 is 15.2 Å². The number of benzene rings is 1. The van der Waals surface area contributed by atoms with Gasteiger partial charge in [-0.15, -0.1) is 0 Å². The molecule has 166 valence electrons. The molecule has 8 nitrogen and oxygen atoms in total. The lowest BCUT2D eigenvalue weighted by atomic mass is 9.97. The number of pyridine rings is 1. The fourth-order valence-electron chi connectivity index (χ4n) is 4.69. The molecule has 3 N–H and O–H groups in total. The molecule has 2 unspecified atom stereocenters. The first-order valence-corrected chi connectivity index (χ1v) is 11.2. The van der Waals surface area contributed by atoms with Gasteiger partial charge in [0.15, 0.2) is 5.65 Å². The summed E-state index contributed by atoms with van der Waals surface area (Å²) in [6.07, 6.45) is 4.40. The van der Waals surface area contributed by atoms with E-state index in [1.165, 1.54) is 21.0 Å². The summed E-state index contributed by atoms with van der Waals surface area (Å²) in [4.78, 5) is 30.4. The minimum absolute atomic E-state index is 0.0690. The number of amides is 1. The molecule has 2 atom stereocenters. The van der Waals surface area contributed by atoms with Crippen LogP contribution in [0, 0.1) is 5.92 Å². The predicted octanol–water partition coefficient (Wildman–Crippen LogP) is 2.58. The molecule has 0 saturated carbocycles. The second-order valence-corrected chi connectivity index (χ2v) is 8.68. The van der Waals surface area contributed by atoms with Crippen molar-refractivity contribution in [1.82, 2.24) is 29.8 Å². The lowest BCUT2D eigenvalue weighted by Crippen LogP contribution is -2.37. The minimum Gasteiger partial charge on any atom is -0.358 e. The number of rotatable bonds is 5. The first-order chi connectivity index (χ1) is 15.6. The zero-order chi connectivity index (χ0) is 22.1. The molecule has 3 aromatic heterocycles. The third kappa shape index (κ3) is 3.93. The Balaban J connectivity index is 1.21. The molecule has 0 spiro atoms. The van der Waals surface area contributed by atoms with Crippen molar-refractivity contribution in [3.8, 4) is 0 Å². The highest BCUT2D eigenvalue weighted by atomic mass is 16.2. The monoisotopic (exact) mass is 432 g/mol. The molecule has 1 amide bonds. The van der Waals surface area contributed by atoms with Crippen LogP contribution in [0.5, 0.6) is 0 Å². The zero-order valence-electron chi connectivity index (χ0n) is 18.2. The van der Waals surface area contributed by atoms with Crippen LogP contribution in [0.4, 0.5) is 0 Å². The highest BCUT2D eigenvalue weighted by molar-refractivity contribution is 5.99. The third-order valence-electron chi connectivity index (χ3n) is 6.60. The number of hydrogen-bond acceptors (Lipinski definition) is 4. The summed E-state index contributed by atoms with van der Waals surface area (Å²) in [7, 11) is 0. The van der Waals surface area contributed by atoms with Gasteiger partial charge in [0, 0.05) is 43.1 Å². The molecule has 0 aliphatic carbocycles. The van der Waals surface area contributed by atoms with Gasteiger partial charge in [-0.2, -0.15) is 5.10 Å². The van der Waals surface area contributed by atoms with Gasteiger partial charge in [0.2, 0.25) is 0 Å². The van der Waals surface area contributed by atoms with Gasteiger partial charge in [0.05, 0.1) is 5.56 Å². The first kappa shape index (κ1) is 20.5. The Morgan fingerprint density at radius 1 is 1.19 bits per heavy atom. The summed E-state index contributed by atoms with van der Waals surface area (Å²) in [5.74, 6) is 0.403. The van der Waals surface area contributed by atoms with Crippen molar-refractivity contribution in [2.75, 3.05) is 19.6 Å². The van der Waals surface area contributed by atoms with Gasteiger partial charge in [0.1, 0.15) is 0 Å². The standard InChI is InChI=1S/C24H28N6O2/c1-16-9-13-29(23(31)19-6-4-12-30-22(19)27-28-24(30)32)14-10-20(16)25-11-8-18-15-17-5-2-3-7-21(17)26-18/h2-7,12,15-16,20,25-26H,8-11,13-14H2,1H3,(H,28,32). The maximum Gasteiger partial charge on any atom is 0.347 e. The molecule has 1 aliphatic heterocycles. The number of carbonyl (C=O) groups is 1. The normalized spacial score (nSPS) is 19.5. The maximum atomic E-state index is 13.2. The summed E-state index contributed by atoms with van der Waals surface area (Å²) in [5, 5.41) is 11.4. The summed E-state index contributed by atoms with van der Waals surface area (Å²) >= 11 is 0. The predicted molar refractivity (Wildman–Crippen MR) is 124 cm³/mol. The molecular formula is C24H28N6O2. The Morgan fingerprint density at radius 2 is 2.03 bits per heavy atom. The van der Waals surface area contributed by atoms with Crippen LogP contribution in [0.1, 0.15) is 35.8 Å². The molecule has 1 aliphatic rings. The average molecular weight is 433 g/mol. The molecule has 4 heterocycles. The molecular weight excluding hydrogens is 404 g/mol. The Hall–Kier alpha value is -3.39. The fourth-order valence-corrected chi connectivity index (χ4v) is 4.69. The summed E-state index contributed by atoms with van der Waals surface area (Å²) in [6.45, 7) is 4.53. The van der Waals surface area contributed by atoms with Crippen LogP contribution >= 0.6 is 0 Å². The fraction of sp³-hybridized carbons (Fsp3) is 0.375. The average Bonchev–Trinajstić information content (AvgIpc) is 3.34. The van der Waals surface area contributed by atoms with Crippen molar-refractivity contribution in [2.45, 2.75) is 32.2 Å². The van der Waals surface area contributed by atoms with E-state index in [-0.39, 0.29) is 11.6 Å². The molecule has 8 heteroatoms. The van der Waals surface area contributed by atoms with Gasteiger partial charge in [-0.05, 0) is 54.8 Å². The highest BCUT2D eigenvalue weighted by Gasteiger charge is 2.27. The van der Waals surface area contributed by atoms with Crippen LogP contribution in [0.3, 0.4) is 0 Å². The first-order valence-electron chi connectivity index (χ1n) is 11.2. The number of aromatic amines is 2. The van der Waals surface area contributed by atoms with Crippen molar-refractivity contribution < 1.29 is 4.79 Å². The van der Waals surface area contributed by atoms with Crippen molar-refractivity contribution in [1.29, 1.82) is 0 Å². The van der Waals surface area contributed by atoms with E-state index >= 15 is 0 Å². The van der Waals surface area contributed by atoms with Crippen LogP contribution in [-0.2, 0) is 6.42 Å².